The quantitative estimate of drug-likeness (QED) is 0.719. The van der Waals surface area contributed by atoms with Crippen LogP contribution < -0.4 is 5.32 Å². The predicted molar refractivity (Wildman–Crippen MR) is 90.0 cm³/mol. The van der Waals surface area contributed by atoms with Gasteiger partial charge < -0.3 is 10.1 Å². The molecular formula is C17H16N2O2S. The molecule has 4 nitrogen and oxygen atoms in total. The fourth-order valence-corrected chi connectivity index (χ4v) is 3.11. The lowest BCUT2D eigenvalue weighted by Gasteiger charge is -2.04. The molecule has 0 unspecified atom stereocenters. The van der Waals surface area contributed by atoms with E-state index in [9.17, 15) is 4.79 Å². The molecule has 0 amide bonds. The number of nitrogens with zero attached hydrogens (tertiary/aromatic N) is 1. The van der Waals surface area contributed by atoms with Gasteiger partial charge in [0.15, 0.2) is 5.13 Å². The molecule has 2 aromatic carbocycles. The summed E-state index contributed by atoms with van der Waals surface area (Å²) >= 11 is 1.31. The Morgan fingerprint density at radius 2 is 2.00 bits per heavy atom. The normalized spacial score (nSPS) is 10.6. The summed E-state index contributed by atoms with van der Waals surface area (Å²) in [5.41, 5.74) is 1.63. The van der Waals surface area contributed by atoms with Crippen LogP contribution >= 0.6 is 11.3 Å². The summed E-state index contributed by atoms with van der Waals surface area (Å²) in [5.74, 6) is -0.316. The summed E-state index contributed by atoms with van der Waals surface area (Å²) in [6.45, 7) is 3.97. The van der Waals surface area contributed by atoms with Crippen molar-refractivity contribution in [3.63, 3.8) is 0 Å². The van der Waals surface area contributed by atoms with Gasteiger partial charge >= 0.3 is 5.97 Å². The van der Waals surface area contributed by atoms with Gasteiger partial charge in [0.25, 0.3) is 0 Å². The van der Waals surface area contributed by atoms with Crippen LogP contribution in [0.25, 0.3) is 10.8 Å². The maximum absolute atomic E-state index is 11.8. The van der Waals surface area contributed by atoms with E-state index in [2.05, 4.69) is 34.6 Å². The zero-order chi connectivity index (χ0) is 15.5. The summed E-state index contributed by atoms with van der Waals surface area (Å²) in [7, 11) is 0. The van der Waals surface area contributed by atoms with Crippen molar-refractivity contribution in [1.29, 1.82) is 0 Å². The zero-order valence-corrected chi connectivity index (χ0v) is 13.2. The topological polar surface area (TPSA) is 51.2 Å². The number of ether oxygens (including phenoxy) is 1. The number of rotatable bonds is 4. The van der Waals surface area contributed by atoms with Gasteiger partial charge in [0.2, 0.25) is 0 Å². The summed E-state index contributed by atoms with van der Waals surface area (Å²) in [6, 6.07) is 14.3. The average Bonchev–Trinajstić information content (AvgIpc) is 2.88. The first-order valence-corrected chi connectivity index (χ1v) is 7.89. The number of esters is 1. The summed E-state index contributed by atoms with van der Waals surface area (Å²) in [5, 5.41) is 6.29. The molecular weight excluding hydrogens is 296 g/mol. The molecule has 1 heterocycles. The van der Waals surface area contributed by atoms with Crippen molar-refractivity contribution in [2.24, 2.45) is 0 Å². The molecule has 0 aliphatic rings. The van der Waals surface area contributed by atoms with Crippen molar-refractivity contribution in [3.8, 4) is 0 Å². The minimum absolute atomic E-state index is 0.316. The third-order valence-corrected chi connectivity index (χ3v) is 4.31. The van der Waals surface area contributed by atoms with Gasteiger partial charge in [-0.1, -0.05) is 41.7 Å². The van der Waals surface area contributed by atoms with Gasteiger partial charge in [0, 0.05) is 5.69 Å². The molecule has 0 saturated heterocycles. The molecule has 0 aliphatic heterocycles. The first-order valence-electron chi connectivity index (χ1n) is 7.07. The molecule has 5 heteroatoms. The molecule has 0 atom stereocenters. The highest BCUT2D eigenvalue weighted by Crippen LogP contribution is 2.28. The van der Waals surface area contributed by atoms with Gasteiger partial charge in [0.1, 0.15) is 4.88 Å². The van der Waals surface area contributed by atoms with Gasteiger partial charge in [-0.2, -0.15) is 0 Å². The van der Waals surface area contributed by atoms with Crippen molar-refractivity contribution in [2.45, 2.75) is 13.8 Å². The average molecular weight is 312 g/mol. The van der Waals surface area contributed by atoms with E-state index >= 15 is 0 Å². The van der Waals surface area contributed by atoms with Gasteiger partial charge in [-0.3, -0.25) is 0 Å². The van der Waals surface area contributed by atoms with Gasteiger partial charge in [-0.25, -0.2) is 9.78 Å². The van der Waals surface area contributed by atoms with Crippen LogP contribution in [0.15, 0.2) is 42.5 Å². The lowest BCUT2D eigenvalue weighted by Crippen LogP contribution is -2.03. The first kappa shape index (κ1) is 14.5. The molecule has 1 N–H and O–H groups in total. The first-order chi connectivity index (χ1) is 10.7. The molecule has 3 aromatic rings. The SMILES string of the molecule is CCOC(=O)c1sc(Nc2ccc3ccccc3c2)nc1C. The molecule has 0 radical (unpaired) electrons. The van der Waals surface area contributed by atoms with Gasteiger partial charge in [0.05, 0.1) is 12.3 Å². The van der Waals surface area contributed by atoms with Crippen LogP contribution in [0.2, 0.25) is 0 Å². The number of fused-ring (bicyclic) bond motifs is 1. The van der Waals surface area contributed by atoms with E-state index in [0.717, 1.165) is 11.1 Å². The number of anilines is 2. The van der Waals surface area contributed by atoms with Crippen LogP contribution in [-0.2, 0) is 4.74 Å². The second kappa shape index (κ2) is 6.15. The molecule has 0 aliphatic carbocycles. The lowest BCUT2D eigenvalue weighted by atomic mass is 10.1. The molecule has 0 spiro atoms. The maximum Gasteiger partial charge on any atom is 0.350 e. The second-order valence-electron chi connectivity index (χ2n) is 4.84. The molecule has 0 bridgehead atoms. The van der Waals surface area contributed by atoms with Crippen LogP contribution in [0.1, 0.15) is 22.3 Å². The Labute approximate surface area is 132 Å². The van der Waals surface area contributed by atoms with Gasteiger partial charge in [-0.05, 0) is 36.8 Å². The smallest absolute Gasteiger partial charge is 0.350 e. The second-order valence-corrected chi connectivity index (χ2v) is 5.84. The van der Waals surface area contributed by atoms with Crippen LogP contribution in [0.3, 0.4) is 0 Å². The van der Waals surface area contributed by atoms with E-state index < -0.39 is 0 Å². The van der Waals surface area contributed by atoms with Crippen molar-refractivity contribution >= 4 is 38.9 Å². The number of carbonyl (C=O) groups is 1. The van der Waals surface area contributed by atoms with Gasteiger partial charge in [-0.15, -0.1) is 0 Å². The van der Waals surface area contributed by atoms with E-state index in [1.165, 1.54) is 16.7 Å². The number of hydrogen-bond donors (Lipinski definition) is 1. The molecule has 0 saturated carbocycles. The fourth-order valence-electron chi connectivity index (χ4n) is 2.23. The number of carbonyl (C=O) groups excluding carboxylic acids is 1. The van der Waals surface area contributed by atoms with E-state index in [1.54, 1.807) is 6.92 Å². The maximum atomic E-state index is 11.8. The highest BCUT2D eigenvalue weighted by atomic mass is 32.1. The van der Waals surface area contributed by atoms with E-state index in [4.69, 9.17) is 4.74 Å². The standard InChI is InChI=1S/C17H16N2O2S/c1-3-21-16(20)15-11(2)18-17(22-15)19-14-9-8-12-6-4-5-7-13(12)10-14/h4-10H,3H2,1-2H3,(H,18,19). The number of benzene rings is 2. The Kier molecular flexibility index (Phi) is 4.06. The summed E-state index contributed by atoms with van der Waals surface area (Å²) < 4.78 is 5.03. The number of hydrogen-bond acceptors (Lipinski definition) is 5. The summed E-state index contributed by atoms with van der Waals surface area (Å²) in [6.07, 6.45) is 0. The minimum Gasteiger partial charge on any atom is -0.462 e. The number of aryl methyl sites for hydroxylation is 1. The predicted octanol–water partition coefficient (Wildman–Crippen LogP) is 4.53. The summed E-state index contributed by atoms with van der Waals surface area (Å²) in [4.78, 5) is 16.8. The van der Waals surface area contributed by atoms with Crippen LogP contribution in [0, 0.1) is 6.92 Å². The van der Waals surface area contributed by atoms with E-state index in [-0.39, 0.29) is 5.97 Å². The third kappa shape index (κ3) is 2.94. The molecule has 1 aromatic heterocycles. The molecule has 22 heavy (non-hydrogen) atoms. The largest absolute Gasteiger partial charge is 0.462 e. The van der Waals surface area contributed by atoms with E-state index in [0.29, 0.717) is 22.3 Å². The Morgan fingerprint density at radius 3 is 2.77 bits per heavy atom. The van der Waals surface area contributed by atoms with Crippen molar-refractivity contribution in [1.82, 2.24) is 4.98 Å². The highest BCUT2D eigenvalue weighted by molar-refractivity contribution is 7.17. The van der Waals surface area contributed by atoms with Crippen LogP contribution in [0.4, 0.5) is 10.8 Å². The molecule has 112 valence electrons. The third-order valence-electron chi connectivity index (χ3n) is 3.26. The highest BCUT2D eigenvalue weighted by Gasteiger charge is 2.16. The van der Waals surface area contributed by atoms with Crippen molar-refractivity contribution in [2.75, 3.05) is 11.9 Å². The lowest BCUT2D eigenvalue weighted by molar-refractivity contribution is 0.0531. The van der Waals surface area contributed by atoms with Crippen molar-refractivity contribution < 1.29 is 9.53 Å². The minimum atomic E-state index is -0.316. The Bertz CT molecular complexity index is 826. The molecule has 0 fully saturated rings. The number of nitrogens with one attached hydrogen (secondary N) is 1. The molecule has 3 rings (SSSR count). The fraction of sp³-hybridized carbons (Fsp3) is 0.176. The van der Waals surface area contributed by atoms with Crippen LogP contribution in [0.5, 0.6) is 0 Å². The van der Waals surface area contributed by atoms with E-state index in [1.807, 2.05) is 25.1 Å². The Morgan fingerprint density at radius 1 is 1.23 bits per heavy atom. The number of thiazole rings is 1. The van der Waals surface area contributed by atoms with Crippen molar-refractivity contribution in [3.05, 3.63) is 53.0 Å². The van der Waals surface area contributed by atoms with Crippen LogP contribution in [-0.4, -0.2) is 17.6 Å². The zero-order valence-electron chi connectivity index (χ0n) is 12.4. The monoisotopic (exact) mass is 312 g/mol. The Hall–Kier alpha value is -2.40. The number of aromatic nitrogens is 1. The Balaban J connectivity index is 1.85.